The lowest BCUT2D eigenvalue weighted by molar-refractivity contribution is 0.0953. The van der Waals surface area contributed by atoms with Crippen molar-refractivity contribution in [2.24, 2.45) is 0 Å². The summed E-state index contributed by atoms with van der Waals surface area (Å²) in [4.78, 5) is 14.5. The molecular weight excluding hydrogens is 362 g/mol. The lowest BCUT2D eigenvalue weighted by atomic mass is 10.2. The van der Waals surface area contributed by atoms with Crippen LogP contribution in [0, 0.1) is 0 Å². The van der Waals surface area contributed by atoms with E-state index < -0.39 is 10.0 Å². The Kier molecular flexibility index (Phi) is 7.38. The van der Waals surface area contributed by atoms with Crippen LogP contribution in [-0.2, 0) is 10.0 Å². The van der Waals surface area contributed by atoms with Crippen molar-refractivity contribution in [3.05, 3.63) is 60.2 Å². The Morgan fingerprint density at radius 1 is 1.07 bits per heavy atom. The number of carbonyl (C=O) groups excluding carboxylic acids is 1. The maximum Gasteiger partial charge on any atom is 0.251 e. The summed E-state index contributed by atoms with van der Waals surface area (Å²) in [6.07, 6.45) is 0.782. The van der Waals surface area contributed by atoms with Gasteiger partial charge in [0.05, 0.1) is 4.90 Å². The van der Waals surface area contributed by atoms with E-state index in [9.17, 15) is 13.2 Å². The van der Waals surface area contributed by atoms with Crippen molar-refractivity contribution in [1.29, 1.82) is 0 Å². The highest BCUT2D eigenvalue weighted by Gasteiger charge is 2.17. The van der Waals surface area contributed by atoms with Gasteiger partial charge in [0.15, 0.2) is 0 Å². The molecule has 0 bridgehead atoms. The summed E-state index contributed by atoms with van der Waals surface area (Å²) in [5.41, 5.74) is 1.46. The Balaban J connectivity index is 1.88. The molecule has 2 aromatic rings. The third-order valence-electron chi connectivity index (χ3n) is 3.95. The summed E-state index contributed by atoms with van der Waals surface area (Å²) in [5, 5.41) is 2.84. The third-order valence-corrected chi connectivity index (χ3v) is 5.61. The molecule has 0 atom stereocenters. The first-order valence-corrected chi connectivity index (χ1v) is 10.4. The van der Waals surface area contributed by atoms with Crippen LogP contribution in [0.3, 0.4) is 0 Å². The predicted octanol–water partition coefficient (Wildman–Crippen LogP) is 2.63. The van der Waals surface area contributed by atoms with Crippen molar-refractivity contribution in [1.82, 2.24) is 10.0 Å². The fourth-order valence-corrected chi connectivity index (χ4v) is 3.91. The molecule has 0 aromatic heterocycles. The summed E-state index contributed by atoms with van der Waals surface area (Å²) in [5.74, 6) is -0.279. The first kappa shape index (κ1) is 20.9. The summed E-state index contributed by atoms with van der Waals surface area (Å²) >= 11 is 0. The minimum absolute atomic E-state index is 0.0904. The van der Waals surface area contributed by atoms with Crippen molar-refractivity contribution >= 4 is 21.6 Å². The number of hydrogen-bond acceptors (Lipinski definition) is 4. The Morgan fingerprint density at radius 3 is 2.44 bits per heavy atom. The molecular formula is C20H27N3O3S. The summed E-state index contributed by atoms with van der Waals surface area (Å²) in [6.45, 7) is 4.81. The van der Waals surface area contributed by atoms with Crippen molar-refractivity contribution in [2.45, 2.75) is 31.2 Å². The van der Waals surface area contributed by atoms with Gasteiger partial charge >= 0.3 is 0 Å². The van der Waals surface area contributed by atoms with E-state index in [4.69, 9.17) is 0 Å². The van der Waals surface area contributed by atoms with E-state index >= 15 is 0 Å². The molecule has 0 radical (unpaired) electrons. The van der Waals surface area contributed by atoms with E-state index in [1.54, 1.807) is 26.0 Å². The minimum Gasteiger partial charge on any atom is -0.375 e. The Bertz CT molecular complexity index is 852. The fourth-order valence-electron chi connectivity index (χ4n) is 2.61. The SMILES string of the molecule is CC(C)NS(=O)(=O)c1cccc(C(=O)NCCCN(C)c2ccccc2)c1. The molecule has 0 aliphatic heterocycles. The van der Waals surface area contributed by atoms with E-state index in [1.165, 1.54) is 12.1 Å². The topological polar surface area (TPSA) is 78.5 Å². The number of rotatable bonds is 9. The van der Waals surface area contributed by atoms with Gasteiger partial charge in [-0.3, -0.25) is 4.79 Å². The average Bonchev–Trinajstić information content (AvgIpc) is 2.64. The molecule has 2 rings (SSSR count). The third kappa shape index (κ3) is 6.37. The highest BCUT2D eigenvalue weighted by atomic mass is 32.2. The van der Waals surface area contributed by atoms with Gasteiger partial charge in [0, 0.05) is 37.4 Å². The lowest BCUT2D eigenvalue weighted by Crippen LogP contribution is -2.31. The normalized spacial score (nSPS) is 11.4. The number of anilines is 1. The summed E-state index contributed by atoms with van der Waals surface area (Å²) in [7, 11) is -1.61. The first-order chi connectivity index (χ1) is 12.8. The monoisotopic (exact) mass is 389 g/mol. The van der Waals surface area contributed by atoms with Crippen LogP contribution < -0.4 is 14.9 Å². The van der Waals surface area contributed by atoms with Gasteiger partial charge in [-0.1, -0.05) is 24.3 Å². The average molecular weight is 390 g/mol. The maximum absolute atomic E-state index is 12.3. The van der Waals surface area contributed by atoms with Crippen LogP contribution in [-0.4, -0.2) is 40.5 Å². The summed E-state index contributed by atoms with van der Waals surface area (Å²) in [6, 6.07) is 15.9. The van der Waals surface area contributed by atoms with Crippen molar-refractivity contribution < 1.29 is 13.2 Å². The number of carbonyl (C=O) groups is 1. The number of sulfonamides is 1. The van der Waals surface area contributed by atoms with Crippen molar-refractivity contribution in [3.8, 4) is 0 Å². The molecule has 0 fully saturated rings. The Morgan fingerprint density at radius 2 is 1.78 bits per heavy atom. The van der Waals surface area contributed by atoms with Gasteiger partial charge in [0.1, 0.15) is 0 Å². The molecule has 27 heavy (non-hydrogen) atoms. The second kappa shape index (κ2) is 9.53. The quantitative estimate of drug-likeness (QED) is 0.646. The molecule has 0 unspecified atom stereocenters. The zero-order valence-corrected chi connectivity index (χ0v) is 16.8. The van der Waals surface area contributed by atoms with Gasteiger partial charge in [0.2, 0.25) is 10.0 Å². The minimum atomic E-state index is -3.62. The molecule has 146 valence electrons. The maximum atomic E-state index is 12.3. The zero-order chi connectivity index (χ0) is 19.9. The Labute approximate surface area is 161 Å². The van der Waals surface area contributed by atoms with Crippen LogP contribution in [0.5, 0.6) is 0 Å². The molecule has 0 aliphatic rings. The van der Waals surface area contributed by atoms with Crippen LogP contribution in [0.1, 0.15) is 30.6 Å². The number of benzene rings is 2. The van der Waals surface area contributed by atoms with Gasteiger partial charge in [-0.15, -0.1) is 0 Å². The number of amides is 1. The van der Waals surface area contributed by atoms with Gasteiger partial charge in [0.25, 0.3) is 5.91 Å². The standard InChI is InChI=1S/C20H27N3O3S/c1-16(2)22-27(25,26)19-12-7-9-17(15-19)20(24)21-13-8-14-23(3)18-10-5-4-6-11-18/h4-7,9-12,15-16,22H,8,13-14H2,1-3H3,(H,21,24). The zero-order valence-electron chi connectivity index (χ0n) is 16.0. The van der Waals surface area contributed by atoms with Crippen LogP contribution >= 0.6 is 0 Å². The van der Waals surface area contributed by atoms with E-state index in [1.807, 2.05) is 37.4 Å². The fraction of sp³-hybridized carbons (Fsp3) is 0.350. The molecule has 7 heteroatoms. The second-order valence-electron chi connectivity index (χ2n) is 6.67. The number of hydrogen-bond donors (Lipinski definition) is 2. The largest absolute Gasteiger partial charge is 0.375 e. The molecule has 0 heterocycles. The molecule has 0 aliphatic carbocycles. The van der Waals surface area contributed by atoms with E-state index in [0.717, 1.165) is 18.7 Å². The highest BCUT2D eigenvalue weighted by Crippen LogP contribution is 2.13. The number of para-hydroxylation sites is 1. The van der Waals surface area contributed by atoms with E-state index in [2.05, 4.69) is 14.9 Å². The van der Waals surface area contributed by atoms with Gasteiger partial charge < -0.3 is 10.2 Å². The molecule has 2 N–H and O–H groups in total. The smallest absolute Gasteiger partial charge is 0.251 e. The van der Waals surface area contributed by atoms with Crippen LogP contribution in [0.2, 0.25) is 0 Å². The molecule has 0 saturated carbocycles. The molecule has 0 saturated heterocycles. The highest BCUT2D eigenvalue weighted by molar-refractivity contribution is 7.89. The van der Waals surface area contributed by atoms with Crippen molar-refractivity contribution in [3.63, 3.8) is 0 Å². The summed E-state index contributed by atoms with van der Waals surface area (Å²) < 4.78 is 27.0. The van der Waals surface area contributed by atoms with Gasteiger partial charge in [-0.05, 0) is 50.6 Å². The van der Waals surface area contributed by atoms with Gasteiger partial charge in [-0.25, -0.2) is 13.1 Å². The van der Waals surface area contributed by atoms with Gasteiger partial charge in [-0.2, -0.15) is 0 Å². The van der Waals surface area contributed by atoms with E-state index in [-0.39, 0.29) is 16.8 Å². The first-order valence-electron chi connectivity index (χ1n) is 8.96. The lowest BCUT2D eigenvalue weighted by Gasteiger charge is -2.19. The predicted molar refractivity (Wildman–Crippen MR) is 109 cm³/mol. The van der Waals surface area contributed by atoms with Crippen LogP contribution in [0.15, 0.2) is 59.5 Å². The number of nitrogens with one attached hydrogen (secondary N) is 2. The van der Waals surface area contributed by atoms with Crippen molar-refractivity contribution in [2.75, 3.05) is 25.0 Å². The molecule has 0 spiro atoms. The van der Waals surface area contributed by atoms with Crippen LogP contribution in [0.4, 0.5) is 5.69 Å². The molecule has 1 amide bonds. The molecule has 2 aromatic carbocycles. The second-order valence-corrected chi connectivity index (χ2v) is 8.38. The van der Waals surface area contributed by atoms with E-state index in [0.29, 0.717) is 12.1 Å². The Hall–Kier alpha value is -2.38. The number of nitrogens with zero attached hydrogens (tertiary/aromatic N) is 1. The molecule has 6 nitrogen and oxygen atoms in total. The van der Waals surface area contributed by atoms with Crippen LogP contribution in [0.25, 0.3) is 0 Å².